The van der Waals surface area contributed by atoms with Gasteiger partial charge in [0.05, 0.1) is 23.4 Å². The van der Waals surface area contributed by atoms with Crippen molar-refractivity contribution in [3.63, 3.8) is 0 Å². The molecule has 0 saturated heterocycles. The molecule has 0 saturated carbocycles. The lowest BCUT2D eigenvalue weighted by molar-refractivity contribution is 0.309. The van der Waals surface area contributed by atoms with E-state index in [0.717, 1.165) is 65.3 Å². The number of hydrogen-bond acceptors (Lipinski definition) is 7. The molecule has 218 valence electrons. The summed E-state index contributed by atoms with van der Waals surface area (Å²) in [6.45, 7) is 5.66. The lowest BCUT2D eigenvalue weighted by Gasteiger charge is -2.06. The van der Waals surface area contributed by atoms with Gasteiger partial charge in [-0.15, -0.1) is 5.10 Å². The van der Waals surface area contributed by atoms with Gasteiger partial charge >= 0.3 is 0 Å². The molecule has 0 N–H and O–H groups in total. The number of aromatic nitrogens is 5. The highest BCUT2D eigenvalue weighted by atomic mass is 32.1. The van der Waals surface area contributed by atoms with E-state index in [9.17, 15) is 4.79 Å². The Labute approximate surface area is 253 Å². The molecule has 0 unspecified atom stereocenters. The Morgan fingerprint density at radius 1 is 0.791 bits per heavy atom. The third-order valence-corrected chi connectivity index (χ3v) is 7.96. The van der Waals surface area contributed by atoms with E-state index in [0.29, 0.717) is 28.5 Å². The third kappa shape index (κ3) is 6.36. The van der Waals surface area contributed by atoms with Crippen LogP contribution in [0, 0.1) is 0 Å². The van der Waals surface area contributed by atoms with Crippen LogP contribution < -0.4 is 19.6 Å². The van der Waals surface area contributed by atoms with E-state index in [-0.39, 0.29) is 5.56 Å². The number of para-hydroxylation sites is 1. The molecule has 9 heteroatoms. The minimum atomic E-state index is -0.212. The number of benzene rings is 3. The molecule has 0 bridgehead atoms. The summed E-state index contributed by atoms with van der Waals surface area (Å²) in [6, 6.07) is 25.5. The van der Waals surface area contributed by atoms with Crippen LogP contribution >= 0.6 is 11.3 Å². The predicted octanol–water partition coefficient (Wildman–Crippen LogP) is 6.58. The Morgan fingerprint density at radius 2 is 1.42 bits per heavy atom. The summed E-state index contributed by atoms with van der Waals surface area (Å²) in [5, 5.41) is 9.44. The van der Waals surface area contributed by atoms with Crippen LogP contribution in [0.3, 0.4) is 0 Å². The molecule has 0 fully saturated rings. The fraction of sp³-hybridized carbons (Fsp3) is 0.235. The van der Waals surface area contributed by atoms with Gasteiger partial charge in [-0.2, -0.15) is 14.6 Å². The lowest BCUT2D eigenvalue weighted by Crippen LogP contribution is -2.23. The van der Waals surface area contributed by atoms with Gasteiger partial charge in [0.2, 0.25) is 4.96 Å². The van der Waals surface area contributed by atoms with Gasteiger partial charge in [-0.3, -0.25) is 4.79 Å². The molecule has 3 aromatic heterocycles. The molecule has 3 heterocycles. The maximum Gasteiger partial charge on any atom is 0.291 e. The molecule has 0 atom stereocenters. The van der Waals surface area contributed by atoms with Gasteiger partial charge in [0, 0.05) is 22.9 Å². The van der Waals surface area contributed by atoms with Crippen molar-refractivity contribution in [3.8, 4) is 39.8 Å². The van der Waals surface area contributed by atoms with Crippen molar-refractivity contribution in [3.05, 3.63) is 106 Å². The van der Waals surface area contributed by atoms with E-state index < -0.39 is 0 Å². The van der Waals surface area contributed by atoms with Crippen molar-refractivity contribution < 1.29 is 9.47 Å². The monoisotopic (exact) mass is 591 g/mol. The number of hydrogen-bond donors (Lipinski definition) is 0. The molecule has 43 heavy (non-hydrogen) atoms. The highest BCUT2D eigenvalue weighted by Crippen LogP contribution is 2.27. The molecule has 0 aliphatic rings. The summed E-state index contributed by atoms with van der Waals surface area (Å²) in [4.78, 5) is 18.7. The van der Waals surface area contributed by atoms with E-state index in [1.54, 1.807) is 0 Å². The fourth-order valence-electron chi connectivity index (χ4n) is 4.61. The smallest absolute Gasteiger partial charge is 0.291 e. The quantitative estimate of drug-likeness (QED) is 0.150. The normalized spacial score (nSPS) is 11.8. The van der Waals surface area contributed by atoms with Crippen molar-refractivity contribution in [2.75, 3.05) is 13.2 Å². The topological polar surface area (TPSA) is 83.5 Å². The summed E-state index contributed by atoms with van der Waals surface area (Å²) in [5.74, 6) is 2.14. The van der Waals surface area contributed by atoms with Gasteiger partial charge in [0.1, 0.15) is 17.2 Å². The number of unbranched alkanes of at least 4 members (excludes halogenated alkanes) is 2. The van der Waals surface area contributed by atoms with E-state index in [1.807, 2.05) is 95.8 Å². The predicted molar refractivity (Wildman–Crippen MR) is 171 cm³/mol. The first-order valence-corrected chi connectivity index (χ1v) is 15.5. The minimum absolute atomic E-state index is 0.212. The molecule has 0 radical (unpaired) electrons. The van der Waals surface area contributed by atoms with Gasteiger partial charge in [-0.1, -0.05) is 56.2 Å². The van der Waals surface area contributed by atoms with Crippen molar-refractivity contribution in [2.24, 2.45) is 0 Å². The second-order valence-electron chi connectivity index (χ2n) is 10.2. The number of nitrogens with zero attached hydrogens (tertiary/aromatic N) is 5. The molecule has 6 aromatic rings. The second-order valence-corrected chi connectivity index (χ2v) is 11.2. The molecule has 0 aliphatic carbocycles. The van der Waals surface area contributed by atoms with Crippen LogP contribution in [0.4, 0.5) is 0 Å². The summed E-state index contributed by atoms with van der Waals surface area (Å²) >= 11 is 1.31. The second kappa shape index (κ2) is 13.0. The molecule has 0 aliphatic heterocycles. The lowest BCUT2D eigenvalue weighted by atomic mass is 10.1. The minimum Gasteiger partial charge on any atom is -0.494 e. The zero-order valence-electron chi connectivity index (χ0n) is 24.3. The van der Waals surface area contributed by atoms with Crippen LogP contribution in [-0.2, 0) is 0 Å². The van der Waals surface area contributed by atoms with Gasteiger partial charge in [-0.25, -0.2) is 4.68 Å². The number of rotatable bonds is 12. The van der Waals surface area contributed by atoms with Crippen LogP contribution in [0.2, 0.25) is 0 Å². The molecule has 8 nitrogen and oxygen atoms in total. The standard InChI is InChI=1S/C34H33N5O3S/c1-3-5-20-41-28-16-12-24(13-17-28)31-26(23-38(36-31)27-10-8-7-9-11-27)22-30-33(40)39-34(43-30)35-32(37-39)25-14-18-29(19-15-25)42-21-6-4-2/h7-19,22-23H,3-6,20-21H2,1-2H3/b30-22-. The van der Waals surface area contributed by atoms with Gasteiger partial charge in [-0.05, 0) is 79.6 Å². The Kier molecular flexibility index (Phi) is 8.60. The largest absolute Gasteiger partial charge is 0.494 e. The first-order valence-electron chi connectivity index (χ1n) is 14.7. The van der Waals surface area contributed by atoms with Crippen LogP contribution in [0.15, 0.2) is 89.9 Å². The van der Waals surface area contributed by atoms with Gasteiger partial charge in [0.15, 0.2) is 5.82 Å². The van der Waals surface area contributed by atoms with Crippen molar-refractivity contribution in [1.29, 1.82) is 0 Å². The van der Waals surface area contributed by atoms with Gasteiger partial charge < -0.3 is 9.47 Å². The first-order chi connectivity index (χ1) is 21.1. The Bertz CT molecular complexity index is 1910. The maximum atomic E-state index is 13.4. The highest BCUT2D eigenvalue weighted by molar-refractivity contribution is 7.15. The summed E-state index contributed by atoms with van der Waals surface area (Å²) in [5.41, 5.74) is 4.07. The van der Waals surface area contributed by atoms with Crippen LogP contribution in [0.1, 0.15) is 45.1 Å². The highest BCUT2D eigenvalue weighted by Gasteiger charge is 2.15. The maximum absolute atomic E-state index is 13.4. The molecule has 6 rings (SSSR count). The third-order valence-electron chi connectivity index (χ3n) is 7.01. The van der Waals surface area contributed by atoms with E-state index >= 15 is 0 Å². The summed E-state index contributed by atoms with van der Waals surface area (Å²) in [7, 11) is 0. The van der Waals surface area contributed by atoms with Crippen molar-refractivity contribution in [2.45, 2.75) is 39.5 Å². The molecular weight excluding hydrogens is 558 g/mol. The van der Waals surface area contributed by atoms with Gasteiger partial charge in [0.25, 0.3) is 5.56 Å². The zero-order chi connectivity index (χ0) is 29.6. The van der Waals surface area contributed by atoms with Crippen LogP contribution in [0.5, 0.6) is 11.5 Å². The van der Waals surface area contributed by atoms with Crippen LogP contribution in [-0.4, -0.2) is 37.6 Å². The average molecular weight is 592 g/mol. The molecule has 0 spiro atoms. The average Bonchev–Trinajstić information content (AvgIpc) is 3.73. The fourth-order valence-corrected chi connectivity index (χ4v) is 5.50. The Morgan fingerprint density at radius 3 is 2.02 bits per heavy atom. The van der Waals surface area contributed by atoms with Crippen LogP contribution in [0.25, 0.3) is 39.4 Å². The number of fused-ring (bicyclic) bond motifs is 1. The molecule has 0 amide bonds. The molecule has 3 aromatic carbocycles. The van der Waals surface area contributed by atoms with Crippen molar-refractivity contribution in [1.82, 2.24) is 24.4 Å². The van der Waals surface area contributed by atoms with Crippen molar-refractivity contribution >= 4 is 22.4 Å². The SMILES string of the molecule is CCCCOc1ccc(-c2nc3s/c(=C\c4cn(-c5ccccc5)nc4-c4ccc(OCCCC)cc4)c(=O)n3n2)cc1. The Hall–Kier alpha value is -4.76. The summed E-state index contributed by atoms with van der Waals surface area (Å²) in [6.07, 6.45) is 8.02. The van der Waals surface area contributed by atoms with E-state index in [1.165, 1.54) is 15.9 Å². The zero-order valence-corrected chi connectivity index (χ0v) is 25.1. The molecular formula is C34H33N5O3S. The summed E-state index contributed by atoms with van der Waals surface area (Å²) < 4.78 is 15.4. The number of thiazole rings is 1. The Balaban J connectivity index is 1.33. The first kappa shape index (κ1) is 28.4. The van der Waals surface area contributed by atoms with E-state index in [2.05, 4.69) is 23.9 Å². The van der Waals surface area contributed by atoms with E-state index in [4.69, 9.17) is 14.6 Å². The number of ether oxygens (including phenoxy) is 2.